The molecular weight excluding hydrogens is 629 g/mol. The summed E-state index contributed by atoms with van der Waals surface area (Å²) in [6.07, 6.45) is 56.9. The Kier molecular flexibility index (Phi) is 43.7. The number of carbonyl (C=O) groups is 2. The van der Waals surface area contributed by atoms with E-state index >= 15 is 0 Å². The summed E-state index contributed by atoms with van der Waals surface area (Å²) in [5.74, 6) is -0.641. The Morgan fingerprint density at radius 3 is 0.980 bits per heavy atom. The number of allylic oxidation sites excluding steroid dienone is 2. The second-order valence-corrected chi connectivity index (χ2v) is 15.9. The fraction of sp³-hybridized carbons (Fsp3) is 0.915. The molecule has 0 aromatic rings. The van der Waals surface area contributed by atoms with E-state index in [1.807, 2.05) is 0 Å². The van der Waals surface area contributed by atoms with Gasteiger partial charge in [-0.2, -0.15) is 0 Å². The van der Waals surface area contributed by atoms with Crippen molar-refractivity contribution in [1.29, 1.82) is 0 Å². The van der Waals surface area contributed by atoms with Crippen LogP contribution in [0.2, 0.25) is 0 Å². The van der Waals surface area contributed by atoms with Crippen molar-refractivity contribution in [2.75, 3.05) is 6.61 Å². The van der Waals surface area contributed by atoms with Gasteiger partial charge < -0.3 is 9.84 Å². The Bertz CT molecular complexity index is 717. The minimum atomic E-state index is -0.657. The molecule has 0 rings (SSSR count). The van der Waals surface area contributed by atoms with Crippen LogP contribution in [0.15, 0.2) is 12.2 Å². The molecule has 302 valence electrons. The molecule has 4 nitrogen and oxygen atoms in total. The normalized spacial score (nSPS) is 11.5. The van der Waals surface area contributed by atoms with Crippen molar-refractivity contribution in [2.45, 2.75) is 270 Å². The maximum Gasteiger partial charge on any atom is 0.305 e. The second kappa shape index (κ2) is 44.8. The highest BCUT2D eigenvalue weighted by Gasteiger charge is 2.03. The van der Waals surface area contributed by atoms with Crippen LogP contribution in [-0.4, -0.2) is 23.7 Å². The smallest absolute Gasteiger partial charge is 0.305 e. The summed E-state index contributed by atoms with van der Waals surface area (Å²) in [5, 5.41) is 8.65. The molecule has 0 aliphatic carbocycles. The van der Waals surface area contributed by atoms with E-state index in [-0.39, 0.29) is 5.97 Å². The van der Waals surface area contributed by atoms with Gasteiger partial charge in [0.1, 0.15) is 0 Å². The molecule has 1 N–H and O–H groups in total. The number of aliphatic carboxylic acids is 1. The average Bonchev–Trinajstić information content (AvgIpc) is 3.12. The number of hydrogen-bond acceptors (Lipinski definition) is 3. The number of carboxylic acids is 1. The standard InChI is InChI=1S/C47H90O4/c1-2-3-4-5-6-7-8-9-10-11-16-20-23-26-29-32-35-38-41-44-47(50)51-45-42-39-36-33-30-27-24-21-18-15-13-12-14-17-19-22-25-28-31-34-37-40-43-46(48)49/h9-10H,2-8,11-45H2,1H3,(H,48,49). The second-order valence-electron chi connectivity index (χ2n) is 15.9. The van der Waals surface area contributed by atoms with Crippen LogP contribution in [0.1, 0.15) is 270 Å². The summed E-state index contributed by atoms with van der Waals surface area (Å²) < 4.78 is 5.47. The lowest BCUT2D eigenvalue weighted by Crippen LogP contribution is -2.05. The van der Waals surface area contributed by atoms with E-state index in [0.717, 1.165) is 25.7 Å². The molecule has 51 heavy (non-hydrogen) atoms. The van der Waals surface area contributed by atoms with Crippen molar-refractivity contribution in [2.24, 2.45) is 0 Å². The average molecular weight is 719 g/mol. The summed E-state index contributed by atoms with van der Waals surface area (Å²) in [7, 11) is 0. The number of carboxylic acid groups (broad SMARTS) is 1. The van der Waals surface area contributed by atoms with Crippen LogP contribution < -0.4 is 0 Å². The number of unbranched alkanes of at least 4 members (excludes halogenated alkanes) is 36. The molecule has 0 saturated carbocycles. The zero-order chi connectivity index (χ0) is 37.0. The molecule has 0 saturated heterocycles. The highest BCUT2D eigenvalue weighted by Crippen LogP contribution is 2.16. The molecule has 0 unspecified atom stereocenters. The number of carbonyl (C=O) groups excluding carboxylic acids is 1. The number of esters is 1. The van der Waals surface area contributed by atoms with Gasteiger partial charge in [-0.1, -0.05) is 225 Å². The molecule has 4 heteroatoms. The molecule has 0 aromatic heterocycles. The van der Waals surface area contributed by atoms with E-state index in [1.165, 1.54) is 225 Å². The topological polar surface area (TPSA) is 63.6 Å². The first-order valence-corrected chi connectivity index (χ1v) is 23.2. The van der Waals surface area contributed by atoms with Gasteiger partial charge in [0.25, 0.3) is 0 Å². The van der Waals surface area contributed by atoms with Crippen LogP contribution in [0.5, 0.6) is 0 Å². The van der Waals surface area contributed by atoms with Gasteiger partial charge in [-0.05, 0) is 44.9 Å². The van der Waals surface area contributed by atoms with Crippen molar-refractivity contribution >= 4 is 11.9 Å². The first kappa shape index (κ1) is 49.7. The zero-order valence-electron chi connectivity index (χ0n) is 34.5. The van der Waals surface area contributed by atoms with Gasteiger partial charge >= 0.3 is 11.9 Å². The van der Waals surface area contributed by atoms with Crippen LogP contribution in [-0.2, 0) is 14.3 Å². The van der Waals surface area contributed by atoms with Crippen molar-refractivity contribution < 1.29 is 19.4 Å². The van der Waals surface area contributed by atoms with E-state index in [2.05, 4.69) is 19.1 Å². The molecule has 0 radical (unpaired) electrons. The molecule has 0 aliphatic heterocycles. The van der Waals surface area contributed by atoms with E-state index < -0.39 is 5.97 Å². The largest absolute Gasteiger partial charge is 0.481 e. The third kappa shape index (κ3) is 46.7. The first-order chi connectivity index (χ1) is 25.2. The van der Waals surface area contributed by atoms with E-state index in [4.69, 9.17) is 9.84 Å². The zero-order valence-corrected chi connectivity index (χ0v) is 34.5. The third-order valence-corrected chi connectivity index (χ3v) is 10.7. The van der Waals surface area contributed by atoms with Gasteiger partial charge in [0.15, 0.2) is 0 Å². The highest BCUT2D eigenvalue weighted by molar-refractivity contribution is 5.69. The Morgan fingerprint density at radius 1 is 0.373 bits per heavy atom. The minimum absolute atomic E-state index is 0.0157. The van der Waals surface area contributed by atoms with Gasteiger partial charge in [-0.15, -0.1) is 0 Å². The lowest BCUT2D eigenvalue weighted by atomic mass is 10.0. The predicted molar refractivity (Wildman–Crippen MR) is 223 cm³/mol. The van der Waals surface area contributed by atoms with Gasteiger partial charge in [0.2, 0.25) is 0 Å². The van der Waals surface area contributed by atoms with E-state index in [9.17, 15) is 9.59 Å². The third-order valence-electron chi connectivity index (χ3n) is 10.7. The summed E-state index contributed by atoms with van der Waals surface area (Å²) in [6, 6.07) is 0. The number of rotatable bonds is 44. The maximum absolute atomic E-state index is 12.0. The summed E-state index contributed by atoms with van der Waals surface area (Å²) >= 11 is 0. The Morgan fingerprint density at radius 2 is 0.647 bits per heavy atom. The minimum Gasteiger partial charge on any atom is -0.481 e. The number of hydrogen-bond donors (Lipinski definition) is 1. The van der Waals surface area contributed by atoms with Gasteiger partial charge in [0, 0.05) is 12.8 Å². The fourth-order valence-corrected chi connectivity index (χ4v) is 7.22. The van der Waals surface area contributed by atoms with Crippen LogP contribution in [0.25, 0.3) is 0 Å². The number of ether oxygens (including phenoxy) is 1. The summed E-state index contributed by atoms with van der Waals surface area (Å²) in [4.78, 5) is 22.5. The monoisotopic (exact) mass is 719 g/mol. The SMILES string of the molecule is CCCCCCCCC=CCCCCCCCCCCCC(=O)OCCCCCCCCCCCCCCCCCCCCCCCCC(=O)O. The van der Waals surface area contributed by atoms with Gasteiger partial charge in [-0.25, -0.2) is 0 Å². The predicted octanol–water partition coefficient (Wildman–Crippen LogP) is 16.2. The van der Waals surface area contributed by atoms with Gasteiger partial charge in [0.05, 0.1) is 6.61 Å². The van der Waals surface area contributed by atoms with Crippen molar-refractivity contribution in [1.82, 2.24) is 0 Å². The van der Waals surface area contributed by atoms with Gasteiger partial charge in [-0.3, -0.25) is 9.59 Å². The molecule has 0 spiro atoms. The van der Waals surface area contributed by atoms with Crippen molar-refractivity contribution in [3.63, 3.8) is 0 Å². The quantitative estimate of drug-likeness (QED) is 0.0387. The molecule has 0 heterocycles. The fourth-order valence-electron chi connectivity index (χ4n) is 7.22. The highest BCUT2D eigenvalue weighted by atomic mass is 16.5. The van der Waals surface area contributed by atoms with Crippen LogP contribution in [0.4, 0.5) is 0 Å². The van der Waals surface area contributed by atoms with E-state index in [1.54, 1.807) is 0 Å². The van der Waals surface area contributed by atoms with E-state index in [0.29, 0.717) is 19.4 Å². The van der Waals surface area contributed by atoms with Crippen LogP contribution in [0, 0.1) is 0 Å². The molecule has 0 aromatic carbocycles. The molecule has 0 aliphatic rings. The van der Waals surface area contributed by atoms with Crippen molar-refractivity contribution in [3.05, 3.63) is 12.2 Å². The Labute approximate surface area is 319 Å². The summed E-state index contributed by atoms with van der Waals surface area (Å²) in [5.41, 5.74) is 0. The van der Waals surface area contributed by atoms with Crippen LogP contribution >= 0.6 is 0 Å². The Balaban J connectivity index is 3.17. The Hall–Kier alpha value is -1.32. The maximum atomic E-state index is 12.0. The van der Waals surface area contributed by atoms with Crippen molar-refractivity contribution in [3.8, 4) is 0 Å². The lowest BCUT2D eigenvalue weighted by molar-refractivity contribution is -0.144. The summed E-state index contributed by atoms with van der Waals surface area (Å²) in [6.45, 7) is 2.90. The molecule has 0 amide bonds. The lowest BCUT2D eigenvalue weighted by Gasteiger charge is -2.06. The molecule has 0 fully saturated rings. The first-order valence-electron chi connectivity index (χ1n) is 23.2. The molecule has 0 atom stereocenters. The van der Waals surface area contributed by atoms with Crippen LogP contribution in [0.3, 0.4) is 0 Å². The molecule has 0 bridgehead atoms. The molecular formula is C47H90O4.